The summed E-state index contributed by atoms with van der Waals surface area (Å²) in [5, 5.41) is 3.57. The summed E-state index contributed by atoms with van der Waals surface area (Å²) in [7, 11) is 0. The number of benzene rings is 2. The Kier molecular flexibility index (Phi) is 2.10. The first kappa shape index (κ1) is 9.34. The molecule has 0 N–H and O–H groups in total. The molecule has 1 heterocycles. The monoisotopic (exact) mass is 205 g/mol. The van der Waals surface area contributed by atoms with Crippen molar-refractivity contribution in [2.45, 2.75) is 6.42 Å². The van der Waals surface area contributed by atoms with Crippen LogP contribution < -0.4 is 0 Å². The summed E-state index contributed by atoms with van der Waals surface area (Å²) in [6.45, 7) is 5.62. The first-order chi connectivity index (χ1) is 7.88. The summed E-state index contributed by atoms with van der Waals surface area (Å²) in [5.74, 6) is 0. The zero-order valence-electron chi connectivity index (χ0n) is 8.85. The van der Waals surface area contributed by atoms with Gasteiger partial charge in [-0.1, -0.05) is 42.5 Å². The highest BCUT2D eigenvalue weighted by molar-refractivity contribution is 6.05. The fourth-order valence-corrected chi connectivity index (χ4v) is 2.01. The average molecular weight is 205 g/mol. The number of aromatic nitrogens is 1. The largest absolute Gasteiger partial charge is 0.252 e. The van der Waals surface area contributed by atoms with Crippen molar-refractivity contribution in [1.29, 1.82) is 0 Å². The van der Waals surface area contributed by atoms with Crippen LogP contribution in [0.1, 0.15) is 5.69 Å². The molecule has 0 atom stereocenters. The van der Waals surface area contributed by atoms with Crippen LogP contribution in [0.15, 0.2) is 48.5 Å². The Morgan fingerprint density at radius 3 is 2.50 bits per heavy atom. The molecule has 2 radical (unpaired) electrons. The van der Waals surface area contributed by atoms with Crippen molar-refractivity contribution in [3.05, 3.63) is 61.1 Å². The molecule has 0 amide bonds. The Balaban J connectivity index is 2.47. The van der Waals surface area contributed by atoms with Gasteiger partial charge in [0.2, 0.25) is 0 Å². The lowest BCUT2D eigenvalue weighted by atomic mass is 10.1. The molecule has 0 aliphatic rings. The van der Waals surface area contributed by atoms with Gasteiger partial charge >= 0.3 is 0 Å². The second-order valence-electron chi connectivity index (χ2n) is 3.87. The predicted molar refractivity (Wildman–Crippen MR) is 67.3 cm³/mol. The van der Waals surface area contributed by atoms with E-state index in [0.717, 1.165) is 16.6 Å². The van der Waals surface area contributed by atoms with E-state index in [0.29, 0.717) is 6.42 Å². The standard InChI is InChI=1S/C15H11N/c1-2-13-10-9-12-8-7-11-5-3-4-6-14(11)15(12)16-13/h1,3-10H,2H2. The molecule has 0 fully saturated rings. The topological polar surface area (TPSA) is 12.9 Å². The zero-order valence-corrected chi connectivity index (χ0v) is 8.85. The van der Waals surface area contributed by atoms with Crippen LogP contribution in [0.2, 0.25) is 0 Å². The van der Waals surface area contributed by atoms with E-state index >= 15 is 0 Å². The molecular weight excluding hydrogens is 194 g/mol. The van der Waals surface area contributed by atoms with E-state index in [4.69, 9.17) is 6.92 Å². The second-order valence-corrected chi connectivity index (χ2v) is 3.87. The molecule has 0 saturated heterocycles. The van der Waals surface area contributed by atoms with Gasteiger partial charge in [-0.25, -0.2) is 0 Å². The summed E-state index contributed by atoms with van der Waals surface area (Å²) in [4.78, 5) is 4.60. The Labute approximate surface area is 94.7 Å². The first-order valence-electron chi connectivity index (χ1n) is 5.36. The van der Waals surface area contributed by atoms with Crippen LogP contribution in [0.4, 0.5) is 0 Å². The summed E-state index contributed by atoms with van der Waals surface area (Å²) in [6, 6.07) is 16.6. The maximum Gasteiger partial charge on any atom is 0.0783 e. The smallest absolute Gasteiger partial charge is 0.0783 e. The van der Waals surface area contributed by atoms with Gasteiger partial charge in [-0.3, -0.25) is 4.98 Å². The van der Waals surface area contributed by atoms with E-state index in [1.807, 2.05) is 18.2 Å². The number of nitrogens with zero attached hydrogens (tertiary/aromatic N) is 1. The molecule has 0 bridgehead atoms. The lowest BCUT2D eigenvalue weighted by molar-refractivity contribution is 1.15. The summed E-state index contributed by atoms with van der Waals surface area (Å²) in [5.41, 5.74) is 1.98. The number of pyridine rings is 1. The highest BCUT2D eigenvalue weighted by Crippen LogP contribution is 2.23. The van der Waals surface area contributed by atoms with Crippen molar-refractivity contribution < 1.29 is 0 Å². The van der Waals surface area contributed by atoms with E-state index in [-0.39, 0.29) is 0 Å². The number of hydrogen-bond donors (Lipinski definition) is 0. The van der Waals surface area contributed by atoms with Crippen molar-refractivity contribution in [2.75, 3.05) is 0 Å². The van der Waals surface area contributed by atoms with Gasteiger partial charge in [0.25, 0.3) is 0 Å². The van der Waals surface area contributed by atoms with E-state index < -0.39 is 0 Å². The molecule has 0 aliphatic carbocycles. The molecule has 0 saturated carbocycles. The third-order valence-electron chi connectivity index (χ3n) is 2.85. The summed E-state index contributed by atoms with van der Waals surface area (Å²) < 4.78 is 0. The van der Waals surface area contributed by atoms with Crippen molar-refractivity contribution in [3.63, 3.8) is 0 Å². The molecule has 0 spiro atoms. The average Bonchev–Trinajstić information content (AvgIpc) is 2.38. The van der Waals surface area contributed by atoms with Crippen molar-refractivity contribution >= 4 is 21.7 Å². The van der Waals surface area contributed by atoms with Gasteiger partial charge in [0.1, 0.15) is 0 Å². The van der Waals surface area contributed by atoms with Gasteiger partial charge in [-0.15, -0.1) is 0 Å². The molecule has 76 valence electrons. The number of hydrogen-bond acceptors (Lipinski definition) is 1. The SMILES string of the molecule is [CH]Cc1ccc2ccc3ccccc3c2n1. The lowest BCUT2D eigenvalue weighted by Crippen LogP contribution is -1.88. The zero-order chi connectivity index (χ0) is 11.0. The van der Waals surface area contributed by atoms with E-state index in [9.17, 15) is 0 Å². The van der Waals surface area contributed by atoms with E-state index in [1.165, 1.54) is 10.8 Å². The van der Waals surface area contributed by atoms with Crippen LogP contribution in [0.3, 0.4) is 0 Å². The van der Waals surface area contributed by atoms with Crippen LogP contribution in [0.5, 0.6) is 0 Å². The highest BCUT2D eigenvalue weighted by Gasteiger charge is 2.01. The molecular formula is C15H11N. The fraction of sp³-hybridized carbons (Fsp3) is 0.0667. The normalized spacial score (nSPS) is 11.1. The minimum absolute atomic E-state index is 0.485. The Hall–Kier alpha value is -1.89. The predicted octanol–water partition coefficient (Wildman–Crippen LogP) is 3.64. The maximum atomic E-state index is 5.62. The third-order valence-corrected chi connectivity index (χ3v) is 2.85. The van der Waals surface area contributed by atoms with Gasteiger partial charge in [0, 0.05) is 16.5 Å². The van der Waals surface area contributed by atoms with Crippen LogP contribution in [0.25, 0.3) is 21.7 Å². The molecule has 3 aromatic rings. The van der Waals surface area contributed by atoms with Crippen LogP contribution in [-0.2, 0) is 6.42 Å². The first-order valence-corrected chi connectivity index (χ1v) is 5.36. The summed E-state index contributed by atoms with van der Waals surface area (Å²) >= 11 is 0. The van der Waals surface area contributed by atoms with Gasteiger partial charge < -0.3 is 0 Å². The van der Waals surface area contributed by atoms with E-state index in [1.54, 1.807) is 0 Å². The van der Waals surface area contributed by atoms with E-state index in [2.05, 4.69) is 35.3 Å². The van der Waals surface area contributed by atoms with Crippen LogP contribution in [0, 0.1) is 6.92 Å². The Morgan fingerprint density at radius 1 is 0.875 bits per heavy atom. The molecule has 0 unspecified atom stereocenters. The molecule has 1 nitrogen and oxygen atoms in total. The number of fused-ring (bicyclic) bond motifs is 3. The van der Waals surface area contributed by atoms with Crippen LogP contribution in [-0.4, -0.2) is 4.98 Å². The third kappa shape index (κ3) is 1.36. The van der Waals surface area contributed by atoms with Crippen molar-refractivity contribution in [2.24, 2.45) is 0 Å². The lowest BCUT2D eigenvalue weighted by Gasteiger charge is -2.04. The highest BCUT2D eigenvalue weighted by atomic mass is 14.7. The van der Waals surface area contributed by atoms with Gasteiger partial charge in [0.15, 0.2) is 0 Å². The molecule has 1 aromatic heterocycles. The van der Waals surface area contributed by atoms with Gasteiger partial charge in [0.05, 0.1) is 5.52 Å². The van der Waals surface area contributed by atoms with Gasteiger partial charge in [-0.2, -0.15) is 0 Å². The van der Waals surface area contributed by atoms with Crippen molar-refractivity contribution in [3.8, 4) is 0 Å². The second kappa shape index (κ2) is 3.60. The summed E-state index contributed by atoms with van der Waals surface area (Å²) in [6.07, 6.45) is 0.485. The maximum absolute atomic E-state index is 5.62. The Morgan fingerprint density at radius 2 is 1.62 bits per heavy atom. The molecule has 3 rings (SSSR count). The molecule has 1 heteroatoms. The minimum Gasteiger partial charge on any atom is -0.252 e. The minimum atomic E-state index is 0.485. The molecule has 16 heavy (non-hydrogen) atoms. The fourth-order valence-electron chi connectivity index (χ4n) is 2.01. The quantitative estimate of drug-likeness (QED) is 0.553. The molecule has 0 aliphatic heterocycles. The Bertz CT molecular complexity index is 656. The van der Waals surface area contributed by atoms with Gasteiger partial charge in [-0.05, 0) is 24.8 Å². The van der Waals surface area contributed by atoms with Crippen LogP contribution >= 0.6 is 0 Å². The number of rotatable bonds is 1. The van der Waals surface area contributed by atoms with Crippen molar-refractivity contribution in [1.82, 2.24) is 4.98 Å². The molecule has 2 aromatic carbocycles.